The minimum atomic E-state index is -0.0367. The lowest BCUT2D eigenvalue weighted by Crippen LogP contribution is -2.32. The highest BCUT2D eigenvalue weighted by atomic mass is 32.1. The predicted octanol–water partition coefficient (Wildman–Crippen LogP) is 5.33. The Balaban J connectivity index is 1.68. The lowest BCUT2D eigenvalue weighted by Gasteiger charge is -2.22. The van der Waals surface area contributed by atoms with Gasteiger partial charge in [-0.3, -0.25) is 4.79 Å². The fourth-order valence-electron chi connectivity index (χ4n) is 3.54. The van der Waals surface area contributed by atoms with Crippen molar-refractivity contribution in [3.8, 4) is 11.5 Å². The number of rotatable bonds is 11. The van der Waals surface area contributed by atoms with E-state index in [-0.39, 0.29) is 5.91 Å². The van der Waals surface area contributed by atoms with Gasteiger partial charge in [0.15, 0.2) is 0 Å². The molecular formula is C26H32N2O4S. The number of hydrogen-bond donors (Lipinski definition) is 0. The van der Waals surface area contributed by atoms with Gasteiger partial charge in [0.1, 0.15) is 23.1 Å². The van der Waals surface area contributed by atoms with Crippen molar-refractivity contribution >= 4 is 17.2 Å². The maximum Gasteiger partial charge on any atom is 0.254 e. The summed E-state index contributed by atoms with van der Waals surface area (Å²) in [5, 5.41) is 2.88. The van der Waals surface area contributed by atoms with Crippen molar-refractivity contribution in [3.05, 3.63) is 74.7 Å². The van der Waals surface area contributed by atoms with Crippen molar-refractivity contribution in [2.45, 2.75) is 40.3 Å². The molecule has 2 aromatic carbocycles. The van der Waals surface area contributed by atoms with Crippen LogP contribution in [0.3, 0.4) is 0 Å². The molecule has 1 heterocycles. The molecule has 3 rings (SSSR count). The number of nitrogens with zero attached hydrogens (tertiary/aromatic N) is 2. The highest BCUT2D eigenvalue weighted by molar-refractivity contribution is 7.09. The molecule has 0 N–H and O–H groups in total. The first-order valence-corrected chi connectivity index (χ1v) is 11.9. The molecular weight excluding hydrogens is 436 g/mol. The second-order valence-electron chi connectivity index (χ2n) is 8.03. The Morgan fingerprint density at radius 3 is 2.55 bits per heavy atom. The van der Waals surface area contributed by atoms with Crippen LogP contribution in [-0.2, 0) is 17.9 Å². The van der Waals surface area contributed by atoms with Crippen molar-refractivity contribution < 1.29 is 19.0 Å². The number of amides is 1. The molecule has 176 valence electrons. The molecule has 0 bridgehead atoms. The summed E-state index contributed by atoms with van der Waals surface area (Å²) in [6.07, 6.45) is 0.754. The number of thiazole rings is 1. The van der Waals surface area contributed by atoms with Gasteiger partial charge in [-0.1, -0.05) is 6.07 Å². The number of aromatic nitrogens is 1. The van der Waals surface area contributed by atoms with Gasteiger partial charge in [0.25, 0.3) is 5.91 Å². The number of benzene rings is 2. The Morgan fingerprint density at radius 1 is 1.09 bits per heavy atom. The van der Waals surface area contributed by atoms with E-state index in [1.165, 1.54) is 11.1 Å². The number of methoxy groups -OCH3 is 2. The molecule has 0 radical (unpaired) electrons. The molecule has 0 fully saturated rings. The van der Waals surface area contributed by atoms with Gasteiger partial charge in [0.2, 0.25) is 0 Å². The average Bonchev–Trinajstić information content (AvgIpc) is 3.27. The average molecular weight is 469 g/mol. The van der Waals surface area contributed by atoms with Crippen LogP contribution < -0.4 is 9.47 Å². The van der Waals surface area contributed by atoms with Crippen LogP contribution in [0.5, 0.6) is 11.5 Å². The normalized spacial score (nSPS) is 10.8. The van der Waals surface area contributed by atoms with Crippen LogP contribution in [0, 0.1) is 20.8 Å². The van der Waals surface area contributed by atoms with Gasteiger partial charge >= 0.3 is 0 Å². The fourth-order valence-corrected chi connectivity index (χ4v) is 4.24. The predicted molar refractivity (Wildman–Crippen MR) is 131 cm³/mol. The van der Waals surface area contributed by atoms with Crippen LogP contribution in [0.15, 0.2) is 41.8 Å². The molecule has 0 saturated heterocycles. The highest BCUT2D eigenvalue weighted by Crippen LogP contribution is 2.25. The van der Waals surface area contributed by atoms with E-state index in [1.807, 2.05) is 10.3 Å². The first-order valence-electron chi connectivity index (χ1n) is 11.0. The zero-order chi connectivity index (χ0) is 23.8. The Hall–Kier alpha value is -2.90. The summed E-state index contributed by atoms with van der Waals surface area (Å²) in [6.45, 7) is 8.26. The maximum absolute atomic E-state index is 13.2. The van der Waals surface area contributed by atoms with E-state index in [4.69, 9.17) is 19.2 Å². The molecule has 0 aliphatic heterocycles. The van der Waals surface area contributed by atoms with Crippen LogP contribution in [0.4, 0.5) is 0 Å². The van der Waals surface area contributed by atoms with Gasteiger partial charge in [0, 0.05) is 31.2 Å². The molecule has 1 amide bonds. The smallest absolute Gasteiger partial charge is 0.254 e. The SMILES string of the molecule is COCCCN(Cc1csc(COc2cc(C)cc(C)c2C)n1)C(=O)c1ccc(OC)cc1. The number of hydrogen-bond acceptors (Lipinski definition) is 6. The van der Waals surface area contributed by atoms with Crippen LogP contribution in [-0.4, -0.2) is 43.2 Å². The van der Waals surface area contributed by atoms with E-state index in [2.05, 4.69) is 32.9 Å². The summed E-state index contributed by atoms with van der Waals surface area (Å²) in [6, 6.07) is 11.4. The van der Waals surface area contributed by atoms with Crippen LogP contribution in [0.25, 0.3) is 0 Å². The van der Waals surface area contributed by atoms with Crippen molar-refractivity contribution in [2.24, 2.45) is 0 Å². The molecule has 0 aliphatic rings. The van der Waals surface area contributed by atoms with Gasteiger partial charge in [-0.05, 0) is 74.2 Å². The van der Waals surface area contributed by atoms with E-state index >= 15 is 0 Å². The molecule has 0 saturated carbocycles. The van der Waals surface area contributed by atoms with Crippen LogP contribution >= 0.6 is 11.3 Å². The highest BCUT2D eigenvalue weighted by Gasteiger charge is 2.18. The molecule has 7 heteroatoms. The molecule has 0 spiro atoms. The lowest BCUT2D eigenvalue weighted by atomic mass is 10.1. The van der Waals surface area contributed by atoms with Crippen molar-refractivity contribution in [1.82, 2.24) is 9.88 Å². The standard InChI is InChI=1S/C26H32N2O4S/c1-18-13-19(2)20(3)24(14-18)32-16-25-27-22(17-33-25)15-28(11-6-12-30-4)26(29)21-7-9-23(31-5)10-8-21/h7-10,13-14,17H,6,11-12,15-16H2,1-5H3. The quantitative estimate of drug-likeness (QED) is 0.356. The van der Waals surface area contributed by atoms with Crippen LogP contribution in [0.2, 0.25) is 0 Å². The third kappa shape index (κ3) is 6.79. The Morgan fingerprint density at radius 2 is 1.85 bits per heavy atom. The van der Waals surface area contributed by atoms with Crippen molar-refractivity contribution in [2.75, 3.05) is 27.4 Å². The maximum atomic E-state index is 13.2. The summed E-state index contributed by atoms with van der Waals surface area (Å²) in [5.41, 5.74) is 5.02. The number of carbonyl (C=O) groups excluding carboxylic acids is 1. The monoisotopic (exact) mass is 468 g/mol. The van der Waals surface area contributed by atoms with Gasteiger partial charge in [-0.25, -0.2) is 4.98 Å². The minimum Gasteiger partial charge on any atom is -0.497 e. The zero-order valence-corrected chi connectivity index (χ0v) is 20.8. The van der Waals surface area contributed by atoms with Crippen molar-refractivity contribution in [1.29, 1.82) is 0 Å². The number of aryl methyl sites for hydroxylation is 2. The van der Waals surface area contributed by atoms with E-state index in [0.717, 1.165) is 34.2 Å². The zero-order valence-electron chi connectivity index (χ0n) is 20.0. The number of carbonyl (C=O) groups is 1. The second-order valence-corrected chi connectivity index (χ2v) is 8.97. The van der Waals surface area contributed by atoms with E-state index < -0.39 is 0 Å². The van der Waals surface area contributed by atoms with Gasteiger partial charge in [0.05, 0.1) is 19.3 Å². The lowest BCUT2D eigenvalue weighted by molar-refractivity contribution is 0.0721. The summed E-state index contributed by atoms with van der Waals surface area (Å²) >= 11 is 1.55. The third-order valence-electron chi connectivity index (χ3n) is 5.47. The summed E-state index contributed by atoms with van der Waals surface area (Å²) in [4.78, 5) is 19.7. The third-order valence-corrected chi connectivity index (χ3v) is 6.34. The van der Waals surface area contributed by atoms with Gasteiger partial charge in [-0.15, -0.1) is 11.3 Å². The largest absolute Gasteiger partial charge is 0.497 e. The Kier molecular flexibility index (Phi) is 8.86. The molecule has 33 heavy (non-hydrogen) atoms. The molecule has 0 unspecified atom stereocenters. The number of ether oxygens (including phenoxy) is 3. The van der Waals surface area contributed by atoms with E-state index in [1.54, 1.807) is 49.8 Å². The molecule has 3 aromatic rings. The summed E-state index contributed by atoms with van der Waals surface area (Å²) in [7, 11) is 3.28. The second kappa shape index (κ2) is 11.8. The van der Waals surface area contributed by atoms with E-state index in [9.17, 15) is 4.79 Å². The Labute approximate surface area is 200 Å². The fraction of sp³-hybridized carbons (Fsp3) is 0.385. The van der Waals surface area contributed by atoms with E-state index in [0.29, 0.717) is 31.9 Å². The summed E-state index contributed by atoms with van der Waals surface area (Å²) in [5.74, 6) is 1.58. The van der Waals surface area contributed by atoms with Gasteiger partial charge in [-0.2, -0.15) is 0 Å². The topological polar surface area (TPSA) is 60.9 Å². The summed E-state index contributed by atoms with van der Waals surface area (Å²) < 4.78 is 16.4. The van der Waals surface area contributed by atoms with Gasteiger partial charge < -0.3 is 19.1 Å². The minimum absolute atomic E-state index is 0.0367. The van der Waals surface area contributed by atoms with Crippen LogP contribution in [0.1, 0.15) is 44.2 Å². The molecule has 1 aromatic heterocycles. The molecule has 0 atom stereocenters. The Bertz CT molecular complexity index is 1060. The molecule has 0 aliphatic carbocycles. The first kappa shape index (κ1) is 24.7. The molecule has 6 nitrogen and oxygen atoms in total. The first-order chi connectivity index (χ1) is 15.9. The van der Waals surface area contributed by atoms with Crippen molar-refractivity contribution in [3.63, 3.8) is 0 Å².